The minimum absolute atomic E-state index is 0.253. The fourth-order valence-corrected chi connectivity index (χ4v) is 2.06. The van der Waals surface area contributed by atoms with Gasteiger partial charge in [-0.15, -0.1) is 0 Å². The molecule has 0 aliphatic carbocycles. The topological polar surface area (TPSA) is 34.4 Å². The molecule has 0 bridgehead atoms. The van der Waals surface area contributed by atoms with E-state index in [1.807, 2.05) is 18.3 Å². The zero-order chi connectivity index (χ0) is 12.3. The van der Waals surface area contributed by atoms with Crippen molar-refractivity contribution < 1.29 is 9.94 Å². The molecule has 0 aliphatic rings. The molecule has 1 heterocycles. The van der Waals surface area contributed by atoms with Gasteiger partial charge in [0, 0.05) is 18.2 Å². The molecule has 0 saturated heterocycles. The van der Waals surface area contributed by atoms with Crippen molar-refractivity contribution in [2.24, 2.45) is 5.92 Å². The average molecular weight is 233 g/mol. The Morgan fingerprint density at radius 3 is 2.82 bits per heavy atom. The van der Waals surface area contributed by atoms with Crippen LogP contribution in [0.2, 0.25) is 0 Å². The lowest BCUT2D eigenvalue weighted by Gasteiger charge is -2.05. The second-order valence-corrected chi connectivity index (χ2v) is 4.51. The Morgan fingerprint density at radius 1 is 1.35 bits per heavy atom. The Morgan fingerprint density at radius 2 is 2.12 bits per heavy atom. The molecule has 0 aliphatic heterocycles. The lowest BCUT2D eigenvalue weighted by Crippen LogP contribution is -2.03. The minimum atomic E-state index is 0.253. The number of hydrogen-bond donors (Lipinski definition) is 1. The number of para-hydroxylation sites is 1. The second-order valence-electron chi connectivity index (χ2n) is 4.51. The Hall–Kier alpha value is -1.48. The molecule has 0 fully saturated rings. The van der Waals surface area contributed by atoms with Gasteiger partial charge in [0.25, 0.3) is 0 Å². The van der Waals surface area contributed by atoms with Gasteiger partial charge < -0.3 is 9.94 Å². The van der Waals surface area contributed by atoms with Gasteiger partial charge in [-0.05, 0) is 30.4 Å². The lowest BCUT2D eigenvalue weighted by atomic mass is 10.0. The normalized spacial score (nSPS) is 12.9. The smallest absolute Gasteiger partial charge is 0.104 e. The maximum Gasteiger partial charge on any atom is 0.104 e. The number of fused-ring (bicyclic) bond motifs is 1. The van der Waals surface area contributed by atoms with E-state index in [9.17, 15) is 0 Å². The van der Waals surface area contributed by atoms with Crippen LogP contribution in [-0.2, 0) is 6.42 Å². The highest BCUT2D eigenvalue weighted by Gasteiger charge is 2.09. The van der Waals surface area contributed by atoms with E-state index in [1.54, 1.807) is 11.8 Å². The fourth-order valence-electron chi connectivity index (χ4n) is 2.06. The van der Waals surface area contributed by atoms with Gasteiger partial charge in [0.15, 0.2) is 0 Å². The standard InChI is InChI=1S/C14H19NO2/c1-11(10-16)7-8-12-9-15(17-2)14-6-4-3-5-13(12)14/h3-6,9,11,16H,7-8,10H2,1-2H3/t11-/m0/s1. The number of aromatic nitrogens is 1. The number of nitrogens with zero attached hydrogens (tertiary/aromatic N) is 1. The molecule has 2 aromatic rings. The van der Waals surface area contributed by atoms with Crippen molar-refractivity contribution in [2.75, 3.05) is 13.7 Å². The molecule has 0 amide bonds. The molecule has 0 saturated carbocycles. The van der Waals surface area contributed by atoms with E-state index in [0.29, 0.717) is 5.92 Å². The summed E-state index contributed by atoms with van der Waals surface area (Å²) < 4.78 is 1.80. The molecular weight excluding hydrogens is 214 g/mol. The van der Waals surface area contributed by atoms with Gasteiger partial charge in [0.1, 0.15) is 7.11 Å². The van der Waals surface area contributed by atoms with Crippen LogP contribution in [0.25, 0.3) is 10.9 Å². The zero-order valence-corrected chi connectivity index (χ0v) is 10.4. The van der Waals surface area contributed by atoms with Crippen LogP contribution in [0.15, 0.2) is 30.5 Å². The quantitative estimate of drug-likeness (QED) is 0.859. The van der Waals surface area contributed by atoms with Crippen LogP contribution in [0.1, 0.15) is 18.9 Å². The summed E-state index contributed by atoms with van der Waals surface area (Å²) in [5, 5.41) is 10.3. The number of aliphatic hydroxyl groups is 1. The molecule has 3 heteroatoms. The van der Waals surface area contributed by atoms with Crippen LogP contribution in [0.3, 0.4) is 0 Å². The van der Waals surface area contributed by atoms with E-state index in [0.717, 1.165) is 18.4 Å². The van der Waals surface area contributed by atoms with Crippen LogP contribution in [0, 0.1) is 5.92 Å². The molecule has 92 valence electrons. The van der Waals surface area contributed by atoms with Gasteiger partial charge in [-0.25, -0.2) is 0 Å². The fraction of sp³-hybridized carbons (Fsp3) is 0.429. The van der Waals surface area contributed by atoms with Crippen LogP contribution in [0.5, 0.6) is 0 Å². The predicted octanol–water partition coefficient (Wildman–Crippen LogP) is 2.26. The molecule has 1 aromatic carbocycles. The molecule has 0 spiro atoms. The predicted molar refractivity (Wildman–Crippen MR) is 69.0 cm³/mol. The van der Waals surface area contributed by atoms with Gasteiger partial charge in [-0.2, -0.15) is 4.73 Å². The van der Waals surface area contributed by atoms with Gasteiger partial charge in [0.05, 0.1) is 5.52 Å². The molecule has 1 N–H and O–H groups in total. The first-order valence-electron chi connectivity index (χ1n) is 6.00. The summed E-state index contributed by atoms with van der Waals surface area (Å²) in [6.45, 7) is 2.32. The summed E-state index contributed by atoms with van der Waals surface area (Å²) in [5.41, 5.74) is 2.38. The first-order valence-corrected chi connectivity index (χ1v) is 6.00. The number of rotatable bonds is 5. The third kappa shape index (κ3) is 2.44. The maximum absolute atomic E-state index is 9.05. The summed E-state index contributed by atoms with van der Waals surface area (Å²) in [7, 11) is 1.67. The third-order valence-corrected chi connectivity index (χ3v) is 3.18. The van der Waals surface area contributed by atoms with E-state index in [2.05, 4.69) is 19.1 Å². The number of aliphatic hydroxyl groups excluding tert-OH is 1. The van der Waals surface area contributed by atoms with Crippen LogP contribution < -0.4 is 4.84 Å². The highest BCUT2D eigenvalue weighted by Crippen LogP contribution is 2.22. The largest absolute Gasteiger partial charge is 0.417 e. The second kappa shape index (κ2) is 5.23. The van der Waals surface area contributed by atoms with Gasteiger partial charge in [-0.3, -0.25) is 0 Å². The molecule has 17 heavy (non-hydrogen) atoms. The van der Waals surface area contributed by atoms with E-state index < -0.39 is 0 Å². The summed E-state index contributed by atoms with van der Waals surface area (Å²) in [5.74, 6) is 0.347. The molecule has 0 unspecified atom stereocenters. The monoisotopic (exact) mass is 233 g/mol. The molecule has 1 atom stereocenters. The lowest BCUT2D eigenvalue weighted by molar-refractivity contribution is 0.178. The van der Waals surface area contributed by atoms with E-state index in [1.165, 1.54) is 10.9 Å². The molecule has 3 nitrogen and oxygen atoms in total. The van der Waals surface area contributed by atoms with Crippen LogP contribution in [0.4, 0.5) is 0 Å². The van der Waals surface area contributed by atoms with Crippen molar-refractivity contribution in [2.45, 2.75) is 19.8 Å². The van der Waals surface area contributed by atoms with Crippen molar-refractivity contribution in [3.05, 3.63) is 36.0 Å². The average Bonchev–Trinajstić information content (AvgIpc) is 2.74. The number of benzene rings is 1. The van der Waals surface area contributed by atoms with Crippen molar-refractivity contribution in [3.63, 3.8) is 0 Å². The zero-order valence-electron chi connectivity index (χ0n) is 10.4. The molecule has 1 aromatic heterocycles. The molecule has 0 radical (unpaired) electrons. The minimum Gasteiger partial charge on any atom is -0.417 e. The molecule has 2 rings (SSSR count). The van der Waals surface area contributed by atoms with E-state index >= 15 is 0 Å². The van der Waals surface area contributed by atoms with Crippen molar-refractivity contribution >= 4 is 10.9 Å². The van der Waals surface area contributed by atoms with Crippen LogP contribution >= 0.6 is 0 Å². The number of hydrogen-bond acceptors (Lipinski definition) is 2. The Balaban J connectivity index is 2.28. The highest BCUT2D eigenvalue weighted by atomic mass is 16.6. The first-order chi connectivity index (χ1) is 8.26. The van der Waals surface area contributed by atoms with Gasteiger partial charge in [0.2, 0.25) is 0 Å². The number of aryl methyl sites for hydroxylation is 1. The van der Waals surface area contributed by atoms with Crippen molar-refractivity contribution in [3.8, 4) is 0 Å². The Kier molecular flexibility index (Phi) is 3.69. The summed E-state index contributed by atoms with van der Waals surface area (Å²) in [6, 6.07) is 8.22. The Labute approximate surface area is 102 Å². The van der Waals surface area contributed by atoms with Gasteiger partial charge in [-0.1, -0.05) is 25.1 Å². The maximum atomic E-state index is 9.05. The van der Waals surface area contributed by atoms with Crippen LogP contribution in [-0.4, -0.2) is 23.6 Å². The SMILES string of the molecule is COn1cc(CC[C@H](C)CO)c2ccccc21. The van der Waals surface area contributed by atoms with E-state index in [4.69, 9.17) is 9.94 Å². The summed E-state index contributed by atoms with van der Waals surface area (Å²) >= 11 is 0. The van der Waals surface area contributed by atoms with Gasteiger partial charge >= 0.3 is 0 Å². The highest BCUT2D eigenvalue weighted by molar-refractivity contribution is 5.83. The molecular formula is C14H19NO2. The summed E-state index contributed by atoms with van der Waals surface area (Å²) in [6.07, 6.45) is 4.00. The van der Waals surface area contributed by atoms with E-state index in [-0.39, 0.29) is 6.61 Å². The Bertz CT molecular complexity index is 490. The summed E-state index contributed by atoms with van der Waals surface area (Å²) in [4.78, 5) is 5.31. The van der Waals surface area contributed by atoms with Crippen molar-refractivity contribution in [1.82, 2.24) is 4.73 Å². The van der Waals surface area contributed by atoms with Crippen molar-refractivity contribution in [1.29, 1.82) is 0 Å². The first kappa shape index (κ1) is 12.0. The third-order valence-electron chi connectivity index (χ3n) is 3.18.